The monoisotopic (exact) mass is 331 g/mol. The van der Waals surface area contributed by atoms with Crippen molar-refractivity contribution in [2.45, 2.75) is 32.2 Å². The Labute approximate surface area is 145 Å². The standard InChI is InChI=1S/C19H29N3O2/c1-2-8-21-9-6-17(7-10-21)20-18-5-3-4-16(15-18)19(23)22-11-13-24-14-12-22/h3-5,15,17,20H,2,6-14H2,1H3. The lowest BCUT2D eigenvalue weighted by atomic mass is 10.0. The largest absolute Gasteiger partial charge is 0.382 e. The summed E-state index contributed by atoms with van der Waals surface area (Å²) in [7, 11) is 0. The second-order valence-corrected chi connectivity index (χ2v) is 6.75. The number of piperidine rings is 1. The van der Waals surface area contributed by atoms with E-state index in [1.54, 1.807) is 0 Å². The van der Waals surface area contributed by atoms with E-state index in [0.29, 0.717) is 32.3 Å². The summed E-state index contributed by atoms with van der Waals surface area (Å²) in [5, 5.41) is 3.62. The molecule has 2 fully saturated rings. The Kier molecular flexibility index (Phi) is 6.10. The minimum atomic E-state index is 0.111. The van der Waals surface area contributed by atoms with Gasteiger partial charge >= 0.3 is 0 Å². The van der Waals surface area contributed by atoms with Crippen molar-refractivity contribution < 1.29 is 9.53 Å². The topological polar surface area (TPSA) is 44.8 Å². The van der Waals surface area contributed by atoms with Gasteiger partial charge in [-0.3, -0.25) is 4.79 Å². The fourth-order valence-corrected chi connectivity index (χ4v) is 3.54. The Bertz CT molecular complexity index is 535. The predicted octanol–water partition coefficient (Wildman–Crippen LogP) is 2.45. The second-order valence-electron chi connectivity index (χ2n) is 6.75. The molecule has 1 amide bonds. The summed E-state index contributed by atoms with van der Waals surface area (Å²) in [5.41, 5.74) is 1.83. The van der Waals surface area contributed by atoms with Crippen LogP contribution in [0, 0.1) is 0 Å². The quantitative estimate of drug-likeness (QED) is 0.900. The van der Waals surface area contributed by atoms with Crippen molar-refractivity contribution in [2.75, 3.05) is 51.3 Å². The summed E-state index contributed by atoms with van der Waals surface area (Å²) in [6.07, 6.45) is 3.56. The minimum Gasteiger partial charge on any atom is -0.382 e. The number of carbonyl (C=O) groups excluding carboxylic acids is 1. The van der Waals surface area contributed by atoms with E-state index in [1.807, 2.05) is 23.1 Å². The molecule has 5 nitrogen and oxygen atoms in total. The van der Waals surface area contributed by atoms with E-state index < -0.39 is 0 Å². The van der Waals surface area contributed by atoms with Crippen molar-refractivity contribution in [2.24, 2.45) is 0 Å². The lowest BCUT2D eigenvalue weighted by Crippen LogP contribution is -2.40. The number of ether oxygens (including phenoxy) is 1. The van der Waals surface area contributed by atoms with Crippen LogP contribution in [0.15, 0.2) is 24.3 Å². The number of rotatable bonds is 5. The van der Waals surface area contributed by atoms with Gasteiger partial charge in [0, 0.05) is 43.5 Å². The molecule has 0 bridgehead atoms. The zero-order valence-electron chi connectivity index (χ0n) is 14.7. The van der Waals surface area contributed by atoms with E-state index in [2.05, 4.69) is 23.2 Å². The zero-order valence-corrected chi connectivity index (χ0v) is 14.7. The van der Waals surface area contributed by atoms with Gasteiger partial charge in [-0.25, -0.2) is 0 Å². The Morgan fingerprint density at radius 2 is 1.96 bits per heavy atom. The third-order valence-corrected chi connectivity index (χ3v) is 4.91. The fraction of sp³-hybridized carbons (Fsp3) is 0.632. The maximum Gasteiger partial charge on any atom is 0.254 e. The maximum absolute atomic E-state index is 12.6. The van der Waals surface area contributed by atoms with Crippen LogP contribution in [-0.4, -0.2) is 67.7 Å². The number of nitrogens with one attached hydrogen (secondary N) is 1. The summed E-state index contributed by atoms with van der Waals surface area (Å²) in [6, 6.07) is 8.45. The molecule has 0 aliphatic carbocycles. The van der Waals surface area contributed by atoms with Crippen LogP contribution in [0.25, 0.3) is 0 Å². The molecule has 0 radical (unpaired) electrons. The lowest BCUT2D eigenvalue weighted by molar-refractivity contribution is 0.0303. The van der Waals surface area contributed by atoms with Gasteiger partial charge in [0.15, 0.2) is 0 Å². The van der Waals surface area contributed by atoms with E-state index in [0.717, 1.165) is 24.3 Å². The molecule has 1 aromatic carbocycles. The van der Waals surface area contributed by atoms with Gasteiger partial charge in [-0.15, -0.1) is 0 Å². The van der Waals surface area contributed by atoms with Crippen molar-refractivity contribution in [3.8, 4) is 0 Å². The number of amides is 1. The molecule has 132 valence electrons. The van der Waals surface area contributed by atoms with Crippen LogP contribution in [-0.2, 0) is 4.74 Å². The lowest BCUT2D eigenvalue weighted by Gasteiger charge is -2.32. The van der Waals surface area contributed by atoms with Gasteiger partial charge in [0.05, 0.1) is 13.2 Å². The van der Waals surface area contributed by atoms with Crippen LogP contribution in [0.5, 0.6) is 0 Å². The highest BCUT2D eigenvalue weighted by molar-refractivity contribution is 5.95. The van der Waals surface area contributed by atoms with Crippen molar-refractivity contribution in [1.29, 1.82) is 0 Å². The molecule has 3 rings (SSSR count). The maximum atomic E-state index is 12.6. The van der Waals surface area contributed by atoms with Gasteiger partial charge in [0.25, 0.3) is 5.91 Å². The van der Waals surface area contributed by atoms with E-state index in [-0.39, 0.29) is 5.91 Å². The molecule has 0 saturated carbocycles. The molecule has 24 heavy (non-hydrogen) atoms. The Hall–Kier alpha value is -1.59. The highest BCUT2D eigenvalue weighted by atomic mass is 16.5. The first-order valence-corrected chi connectivity index (χ1v) is 9.22. The zero-order chi connectivity index (χ0) is 16.8. The van der Waals surface area contributed by atoms with Gasteiger partial charge < -0.3 is 19.9 Å². The first-order chi connectivity index (χ1) is 11.8. The average Bonchev–Trinajstić information content (AvgIpc) is 2.64. The molecule has 1 aromatic rings. The number of carbonyl (C=O) groups is 1. The van der Waals surface area contributed by atoms with Gasteiger partial charge in [0.1, 0.15) is 0 Å². The van der Waals surface area contributed by atoms with Crippen molar-refractivity contribution in [3.63, 3.8) is 0 Å². The summed E-state index contributed by atoms with van der Waals surface area (Å²) in [5.74, 6) is 0.111. The van der Waals surface area contributed by atoms with Gasteiger partial charge in [-0.2, -0.15) is 0 Å². The van der Waals surface area contributed by atoms with Crippen molar-refractivity contribution in [1.82, 2.24) is 9.80 Å². The van der Waals surface area contributed by atoms with Gasteiger partial charge in [-0.1, -0.05) is 13.0 Å². The highest BCUT2D eigenvalue weighted by Crippen LogP contribution is 2.19. The van der Waals surface area contributed by atoms with E-state index in [9.17, 15) is 4.79 Å². The minimum absolute atomic E-state index is 0.111. The number of morpholine rings is 1. The molecule has 1 N–H and O–H groups in total. The molecule has 5 heteroatoms. The third-order valence-electron chi connectivity index (χ3n) is 4.91. The smallest absolute Gasteiger partial charge is 0.254 e. The molecule has 2 aliphatic rings. The van der Waals surface area contributed by atoms with Gasteiger partial charge in [-0.05, 0) is 44.0 Å². The highest BCUT2D eigenvalue weighted by Gasteiger charge is 2.20. The van der Waals surface area contributed by atoms with Crippen LogP contribution in [0.3, 0.4) is 0 Å². The predicted molar refractivity (Wildman–Crippen MR) is 96.5 cm³/mol. The SMILES string of the molecule is CCCN1CCC(Nc2cccc(C(=O)N3CCOCC3)c2)CC1. The average molecular weight is 331 g/mol. The van der Waals surface area contributed by atoms with Crippen LogP contribution < -0.4 is 5.32 Å². The van der Waals surface area contributed by atoms with Crippen molar-refractivity contribution >= 4 is 11.6 Å². The van der Waals surface area contributed by atoms with Crippen LogP contribution in [0.2, 0.25) is 0 Å². The van der Waals surface area contributed by atoms with E-state index >= 15 is 0 Å². The van der Waals surface area contributed by atoms with Gasteiger partial charge in [0.2, 0.25) is 0 Å². The second kappa shape index (κ2) is 8.49. The molecule has 2 heterocycles. The molecule has 0 aromatic heterocycles. The Morgan fingerprint density at radius 3 is 2.67 bits per heavy atom. The normalized spacial score (nSPS) is 20.1. The number of hydrogen-bond acceptors (Lipinski definition) is 4. The summed E-state index contributed by atoms with van der Waals surface area (Å²) in [4.78, 5) is 17.0. The van der Waals surface area contributed by atoms with Crippen LogP contribution in [0.1, 0.15) is 36.5 Å². The van der Waals surface area contributed by atoms with E-state index in [1.165, 1.54) is 25.8 Å². The molecule has 2 saturated heterocycles. The Morgan fingerprint density at radius 1 is 1.21 bits per heavy atom. The third kappa shape index (κ3) is 4.48. The summed E-state index contributed by atoms with van der Waals surface area (Å²) >= 11 is 0. The van der Waals surface area contributed by atoms with Crippen molar-refractivity contribution in [3.05, 3.63) is 29.8 Å². The summed E-state index contributed by atoms with van der Waals surface area (Å²) in [6.45, 7) is 8.42. The molecule has 0 unspecified atom stereocenters. The fourth-order valence-electron chi connectivity index (χ4n) is 3.54. The summed E-state index contributed by atoms with van der Waals surface area (Å²) < 4.78 is 5.33. The Balaban J connectivity index is 1.56. The molecule has 0 spiro atoms. The molecular formula is C19H29N3O2. The first-order valence-electron chi connectivity index (χ1n) is 9.22. The van der Waals surface area contributed by atoms with Crippen LogP contribution in [0.4, 0.5) is 5.69 Å². The first kappa shape index (κ1) is 17.2. The van der Waals surface area contributed by atoms with E-state index in [4.69, 9.17) is 4.74 Å². The number of anilines is 1. The number of nitrogens with zero attached hydrogens (tertiary/aromatic N) is 2. The van der Waals surface area contributed by atoms with Crippen LogP contribution >= 0.6 is 0 Å². The number of benzene rings is 1. The molecule has 2 aliphatic heterocycles. The number of hydrogen-bond donors (Lipinski definition) is 1. The number of likely N-dealkylation sites (tertiary alicyclic amines) is 1. The molecule has 0 atom stereocenters. The molecular weight excluding hydrogens is 302 g/mol.